The van der Waals surface area contributed by atoms with Gasteiger partial charge in [-0.15, -0.1) is 0 Å². The van der Waals surface area contributed by atoms with Crippen LogP contribution in [0.1, 0.15) is 41.0 Å². The summed E-state index contributed by atoms with van der Waals surface area (Å²) in [7, 11) is 0. The van der Waals surface area contributed by atoms with E-state index in [9.17, 15) is 19.8 Å². The molecule has 0 aromatic rings. The molecule has 6 nitrogen and oxygen atoms in total. The third-order valence-corrected chi connectivity index (χ3v) is 4.46. The molecule has 1 heterocycles. The summed E-state index contributed by atoms with van der Waals surface area (Å²) in [6.45, 7) is 7.52. The molecule has 6 atom stereocenters. The molecule has 1 aliphatic heterocycles. The van der Waals surface area contributed by atoms with Gasteiger partial charge in [0, 0.05) is 0 Å². The van der Waals surface area contributed by atoms with Crippen molar-refractivity contribution in [3.8, 4) is 0 Å². The molecule has 0 amide bonds. The van der Waals surface area contributed by atoms with Crippen molar-refractivity contribution in [3.63, 3.8) is 0 Å². The van der Waals surface area contributed by atoms with Crippen molar-refractivity contribution in [2.24, 2.45) is 11.8 Å². The van der Waals surface area contributed by atoms with Crippen molar-refractivity contribution in [3.05, 3.63) is 0 Å². The zero-order valence-corrected chi connectivity index (χ0v) is 12.6. The average molecular weight is 288 g/mol. The fourth-order valence-corrected chi connectivity index (χ4v) is 3.01. The second-order valence-electron chi connectivity index (χ2n) is 6.28. The van der Waals surface area contributed by atoms with E-state index in [4.69, 9.17) is 9.84 Å². The number of ketones is 1. The summed E-state index contributed by atoms with van der Waals surface area (Å²) in [6.07, 6.45) is -1.98. The lowest BCUT2D eigenvalue weighted by atomic mass is 9.72. The smallest absolute Gasteiger partial charge is 0.308 e. The van der Waals surface area contributed by atoms with Crippen LogP contribution in [0.5, 0.6) is 0 Å². The molecule has 1 saturated heterocycles. The standard InChI is InChI=1S/C14H24O6/c1-7-6-13(4,11(17)8(2)12(18)19)20-14(5,9(3)15)10(7)16/h7-8,10-11,16-17H,6H2,1-5H3,(H,18,19)/t7-,8+,10+,11-,13-,14-/m1/s1. The van der Waals surface area contributed by atoms with Crippen molar-refractivity contribution in [1.29, 1.82) is 0 Å². The molecule has 116 valence electrons. The van der Waals surface area contributed by atoms with Crippen LogP contribution >= 0.6 is 0 Å². The molecule has 0 radical (unpaired) electrons. The van der Waals surface area contributed by atoms with E-state index in [1.165, 1.54) is 20.8 Å². The van der Waals surface area contributed by atoms with Crippen LogP contribution in [0.15, 0.2) is 0 Å². The number of rotatable bonds is 4. The Labute approximate surface area is 118 Å². The molecule has 0 aromatic heterocycles. The lowest BCUT2D eigenvalue weighted by molar-refractivity contribution is -0.262. The number of hydrogen-bond acceptors (Lipinski definition) is 5. The van der Waals surface area contributed by atoms with E-state index in [0.29, 0.717) is 0 Å². The number of ether oxygens (including phenoxy) is 1. The molecular formula is C14H24O6. The van der Waals surface area contributed by atoms with E-state index in [0.717, 1.165) is 0 Å². The first-order chi connectivity index (χ1) is 8.95. The molecule has 0 spiro atoms. The number of Topliss-reactive ketones (excluding diaryl/α,β-unsaturated/α-hetero) is 1. The zero-order chi connectivity index (χ0) is 15.9. The van der Waals surface area contributed by atoms with Gasteiger partial charge in [-0.05, 0) is 40.0 Å². The van der Waals surface area contributed by atoms with E-state index in [1.807, 2.05) is 0 Å². The Kier molecular flexibility index (Phi) is 4.63. The Balaban J connectivity index is 3.13. The number of aliphatic hydroxyl groups is 2. The molecule has 20 heavy (non-hydrogen) atoms. The molecule has 0 aliphatic carbocycles. The SMILES string of the molecule is CC(=O)[C@@]1(C)O[C@@](C)([C@H](O)[C@H](C)C(=O)O)C[C@@H](C)[C@@H]1O. The fourth-order valence-electron chi connectivity index (χ4n) is 3.01. The van der Waals surface area contributed by atoms with Crippen LogP contribution in [0.4, 0.5) is 0 Å². The molecule has 0 aromatic carbocycles. The molecular weight excluding hydrogens is 264 g/mol. The summed E-state index contributed by atoms with van der Waals surface area (Å²) >= 11 is 0. The van der Waals surface area contributed by atoms with E-state index >= 15 is 0 Å². The van der Waals surface area contributed by atoms with Crippen LogP contribution in [0.3, 0.4) is 0 Å². The highest BCUT2D eigenvalue weighted by Crippen LogP contribution is 2.42. The molecule has 3 N–H and O–H groups in total. The van der Waals surface area contributed by atoms with Crippen LogP contribution in [0.2, 0.25) is 0 Å². The number of carbonyl (C=O) groups excluding carboxylic acids is 1. The quantitative estimate of drug-likeness (QED) is 0.699. The van der Waals surface area contributed by atoms with Gasteiger partial charge in [0.25, 0.3) is 0 Å². The van der Waals surface area contributed by atoms with Gasteiger partial charge in [-0.3, -0.25) is 9.59 Å². The van der Waals surface area contributed by atoms with E-state index in [2.05, 4.69) is 0 Å². The predicted octanol–water partition coefficient (Wildman–Crippen LogP) is 0.592. The molecule has 0 bridgehead atoms. The first-order valence-electron chi connectivity index (χ1n) is 6.76. The summed E-state index contributed by atoms with van der Waals surface area (Å²) in [4.78, 5) is 22.8. The summed E-state index contributed by atoms with van der Waals surface area (Å²) < 4.78 is 5.73. The van der Waals surface area contributed by atoms with E-state index in [1.54, 1.807) is 13.8 Å². The lowest BCUT2D eigenvalue weighted by Gasteiger charge is -2.51. The third kappa shape index (κ3) is 2.73. The first-order valence-corrected chi connectivity index (χ1v) is 6.76. The Morgan fingerprint density at radius 3 is 2.25 bits per heavy atom. The number of aliphatic carboxylic acids is 1. The summed E-state index contributed by atoms with van der Waals surface area (Å²) in [5.41, 5.74) is -2.64. The minimum Gasteiger partial charge on any atom is -0.481 e. The van der Waals surface area contributed by atoms with Crippen LogP contribution < -0.4 is 0 Å². The number of aliphatic hydroxyl groups excluding tert-OH is 2. The highest BCUT2D eigenvalue weighted by Gasteiger charge is 2.55. The molecule has 1 rings (SSSR count). The van der Waals surface area contributed by atoms with Gasteiger partial charge in [-0.25, -0.2) is 0 Å². The van der Waals surface area contributed by atoms with Gasteiger partial charge in [0.2, 0.25) is 0 Å². The maximum Gasteiger partial charge on any atom is 0.308 e. The third-order valence-electron chi connectivity index (χ3n) is 4.46. The number of hydrogen-bond donors (Lipinski definition) is 3. The van der Waals surface area contributed by atoms with Crippen LogP contribution in [-0.4, -0.2) is 50.5 Å². The predicted molar refractivity (Wildman–Crippen MR) is 71.2 cm³/mol. The number of carboxylic acids is 1. The molecule has 1 fully saturated rings. The maximum absolute atomic E-state index is 11.8. The molecule has 0 saturated carbocycles. The van der Waals surface area contributed by atoms with Crippen LogP contribution in [0.25, 0.3) is 0 Å². The van der Waals surface area contributed by atoms with E-state index < -0.39 is 35.3 Å². The molecule has 0 unspecified atom stereocenters. The van der Waals surface area contributed by atoms with Gasteiger partial charge in [0.15, 0.2) is 5.78 Å². The van der Waals surface area contributed by atoms with Gasteiger partial charge in [-0.2, -0.15) is 0 Å². The van der Waals surface area contributed by atoms with Crippen LogP contribution in [0, 0.1) is 11.8 Å². The zero-order valence-electron chi connectivity index (χ0n) is 12.6. The summed E-state index contributed by atoms with van der Waals surface area (Å²) in [6, 6.07) is 0. The van der Waals surface area contributed by atoms with Crippen molar-refractivity contribution in [1.82, 2.24) is 0 Å². The van der Waals surface area contributed by atoms with E-state index in [-0.39, 0.29) is 18.1 Å². The first kappa shape index (κ1) is 17.1. The van der Waals surface area contributed by atoms with Gasteiger partial charge < -0.3 is 20.1 Å². The Bertz CT molecular complexity index is 408. The average Bonchev–Trinajstić information content (AvgIpc) is 2.33. The Morgan fingerprint density at radius 1 is 1.35 bits per heavy atom. The number of carbonyl (C=O) groups is 2. The monoisotopic (exact) mass is 288 g/mol. The lowest BCUT2D eigenvalue weighted by Crippen LogP contribution is -2.65. The highest BCUT2D eigenvalue weighted by molar-refractivity contribution is 5.85. The summed E-state index contributed by atoms with van der Waals surface area (Å²) in [5, 5.41) is 29.5. The highest BCUT2D eigenvalue weighted by atomic mass is 16.6. The maximum atomic E-state index is 11.8. The van der Waals surface area contributed by atoms with Crippen molar-refractivity contribution < 1.29 is 29.6 Å². The van der Waals surface area contributed by atoms with Gasteiger partial charge in [0.1, 0.15) is 5.60 Å². The second-order valence-corrected chi connectivity index (χ2v) is 6.28. The Hall–Kier alpha value is -0.980. The normalized spacial score (nSPS) is 41.0. The largest absolute Gasteiger partial charge is 0.481 e. The minimum absolute atomic E-state index is 0.274. The number of carboxylic acid groups (broad SMARTS) is 1. The van der Waals surface area contributed by atoms with Crippen molar-refractivity contribution in [2.75, 3.05) is 0 Å². The topological polar surface area (TPSA) is 104 Å². The van der Waals surface area contributed by atoms with Crippen molar-refractivity contribution >= 4 is 11.8 Å². The van der Waals surface area contributed by atoms with Crippen LogP contribution in [-0.2, 0) is 14.3 Å². The van der Waals surface area contributed by atoms with Gasteiger partial charge in [-0.1, -0.05) is 6.92 Å². The summed E-state index contributed by atoms with van der Waals surface area (Å²) in [5.74, 6) is -2.81. The van der Waals surface area contributed by atoms with Gasteiger partial charge in [0.05, 0.1) is 23.7 Å². The Morgan fingerprint density at radius 2 is 1.85 bits per heavy atom. The molecule has 6 heteroatoms. The molecule has 1 aliphatic rings. The van der Waals surface area contributed by atoms with Crippen molar-refractivity contribution in [2.45, 2.75) is 64.4 Å². The second kappa shape index (κ2) is 5.42. The van der Waals surface area contributed by atoms with Gasteiger partial charge >= 0.3 is 5.97 Å². The minimum atomic E-state index is -1.44. The fraction of sp³-hybridized carbons (Fsp3) is 0.857.